The van der Waals surface area contributed by atoms with E-state index >= 15 is 0 Å². The van der Waals surface area contributed by atoms with Crippen LogP contribution in [-0.2, 0) is 0 Å². The number of nitrogens with zero attached hydrogens (tertiary/aromatic N) is 4. The lowest BCUT2D eigenvalue weighted by atomic mass is 10.1. The summed E-state index contributed by atoms with van der Waals surface area (Å²) in [6.07, 6.45) is 2.39. The number of carbonyl (C=O) groups is 1. The van der Waals surface area contributed by atoms with Gasteiger partial charge in [-0.2, -0.15) is 4.98 Å². The summed E-state index contributed by atoms with van der Waals surface area (Å²) < 4.78 is 18.7. The van der Waals surface area contributed by atoms with Crippen LogP contribution in [0.4, 0.5) is 4.39 Å². The second-order valence-electron chi connectivity index (χ2n) is 5.92. The van der Waals surface area contributed by atoms with Crippen molar-refractivity contribution in [1.29, 1.82) is 0 Å². The van der Waals surface area contributed by atoms with Gasteiger partial charge in [0.25, 0.3) is 5.91 Å². The average molecular weight is 338 g/mol. The van der Waals surface area contributed by atoms with Crippen LogP contribution in [0.15, 0.2) is 53.2 Å². The molecule has 2 aromatic heterocycles. The van der Waals surface area contributed by atoms with Crippen molar-refractivity contribution in [2.45, 2.75) is 12.3 Å². The standard InChI is InChI=1S/C18H15FN4O2/c19-14-5-3-4-12(10-14)18(24)23-9-7-13(11-23)17-21-16(22-25-17)15-6-1-2-8-20-15/h1-6,8,10,13H,7,9,11H2. The van der Waals surface area contributed by atoms with Crippen LogP contribution in [0.2, 0.25) is 0 Å². The van der Waals surface area contributed by atoms with E-state index in [2.05, 4.69) is 15.1 Å². The van der Waals surface area contributed by atoms with E-state index in [-0.39, 0.29) is 11.8 Å². The van der Waals surface area contributed by atoms with Crippen molar-refractivity contribution in [3.8, 4) is 11.5 Å². The Labute approximate surface area is 143 Å². The molecule has 0 radical (unpaired) electrons. The van der Waals surface area contributed by atoms with E-state index in [0.717, 1.165) is 6.42 Å². The maximum Gasteiger partial charge on any atom is 0.253 e. The zero-order valence-electron chi connectivity index (χ0n) is 13.3. The van der Waals surface area contributed by atoms with Gasteiger partial charge in [0.1, 0.15) is 11.5 Å². The number of halogens is 1. The van der Waals surface area contributed by atoms with Crippen LogP contribution in [0, 0.1) is 5.82 Å². The molecule has 25 heavy (non-hydrogen) atoms. The fourth-order valence-corrected chi connectivity index (χ4v) is 2.95. The molecule has 0 bridgehead atoms. The van der Waals surface area contributed by atoms with Crippen LogP contribution in [0.3, 0.4) is 0 Å². The number of hydrogen-bond acceptors (Lipinski definition) is 5. The van der Waals surface area contributed by atoms with Crippen molar-refractivity contribution in [3.05, 3.63) is 65.9 Å². The molecular formula is C18H15FN4O2. The Bertz CT molecular complexity index is 897. The Morgan fingerprint density at radius 1 is 1.24 bits per heavy atom. The van der Waals surface area contributed by atoms with Crippen LogP contribution in [0.1, 0.15) is 28.6 Å². The minimum atomic E-state index is -0.418. The van der Waals surface area contributed by atoms with Gasteiger partial charge in [0.05, 0.1) is 5.92 Å². The number of carbonyl (C=O) groups excluding carboxylic acids is 1. The van der Waals surface area contributed by atoms with Gasteiger partial charge in [-0.15, -0.1) is 0 Å². The molecule has 1 aliphatic heterocycles. The van der Waals surface area contributed by atoms with E-state index in [0.29, 0.717) is 36.1 Å². The highest BCUT2D eigenvalue weighted by Crippen LogP contribution is 2.28. The Kier molecular flexibility index (Phi) is 3.97. The molecule has 4 rings (SSSR count). The Morgan fingerprint density at radius 2 is 2.16 bits per heavy atom. The van der Waals surface area contributed by atoms with Gasteiger partial charge in [0.2, 0.25) is 11.7 Å². The van der Waals surface area contributed by atoms with Crippen molar-refractivity contribution >= 4 is 5.91 Å². The maximum atomic E-state index is 13.3. The van der Waals surface area contributed by atoms with Crippen molar-refractivity contribution in [1.82, 2.24) is 20.0 Å². The van der Waals surface area contributed by atoms with E-state index in [1.54, 1.807) is 17.2 Å². The van der Waals surface area contributed by atoms with Crippen molar-refractivity contribution in [2.75, 3.05) is 13.1 Å². The molecule has 0 aliphatic carbocycles. The SMILES string of the molecule is O=C(c1cccc(F)c1)N1CCC(c2nc(-c3ccccn3)no2)C1. The normalized spacial score (nSPS) is 17.0. The average Bonchev–Trinajstić information content (AvgIpc) is 3.31. The molecule has 0 spiro atoms. The molecule has 1 aliphatic rings. The van der Waals surface area contributed by atoms with Crippen molar-refractivity contribution < 1.29 is 13.7 Å². The summed E-state index contributed by atoms with van der Waals surface area (Å²) in [5.74, 6) is 0.299. The van der Waals surface area contributed by atoms with Gasteiger partial charge in [-0.1, -0.05) is 17.3 Å². The largest absolute Gasteiger partial charge is 0.339 e. The predicted molar refractivity (Wildman–Crippen MR) is 87.2 cm³/mol. The number of rotatable bonds is 3. The number of pyridine rings is 1. The Morgan fingerprint density at radius 3 is 2.96 bits per heavy atom. The van der Waals surface area contributed by atoms with Gasteiger partial charge in [0.15, 0.2) is 0 Å². The fourth-order valence-electron chi connectivity index (χ4n) is 2.95. The zero-order valence-corrected chi connectivity index (χ0v) is 13.3. The van der Waals surface area contributed by atoms with Gasteiger partial charge >= 0.3 is 0 Å². The van der Waals surface area contributed by atoms with Crippen LogP contribution in [0.25, 0.3) is 11.5 Å². The predicted octanol–water partition coefficient (Wildman–Crippen LogP) is 2.90. The van der Waals surface area contributed by atoms with Gasteiger partial charge in [-0.3, -0.25) is 9.78 Å². The van der Waals surface area contributed by atoms with E-state index in [1.165, 1.54) is 18.2 Å². The molecule has 1 atom stereocenters. The third-order valence-electron chi connectivity index (χ3n) is 4.23. The van der Waals surface area contributed by atoms with Crippen molar-refractivity contribution in [3.63, 3.8) is 0 Å². The minimum Gasteiger partial charge on any atom is -0.339 e. The molecule has 6 nitrogen and oxygen atoms in total. The van der Waals surface area contributed by atoms with E-state index in [9.17, 15) is 9.18 Å². The molecule has 1 fully saturated rings. The second-order valence-corrected chi connectivity index (χ2v) is 5.92. The van der Waals surface area contributed by atoms with Crippen LogP contribution >= 0.6 is 0 Å². The highest BCUT2D eigenvalue weighted by atomic mass is 19.1. The third-order valence-corrected chi connectivity index (χ3v) is 4.23. The Balaban J connectivity index is 1.48. The van der Waals surface area contributed by atoms with Gasteiger partial charge in [-0.05, 0) is 36.8 Å². The summed E-state index contributed by atoms with van der Waals surface area (Å²) in [4.78, 5) is 22.8. The van der Waals surface area contributed by atoms with E-state index in [4.69, 9.17) is 4.52 Å². The molecule has 7 heteroatoms. The number of amides is 1. The lowest BCUT2D eigenvalue weighted by molar-refractivity contribution is 0.0789. The lowest BCUT2D eigenvalue weighted by Crippen LogP contribution is -2.28. The molecule has 1 saturated heterocycles. The minimum absolute atomic E-state index is 0.0255. The quantitative estimate of drug-likeness (QED) is 0.734. The molecule has 3 heterocycles. The number of aromatic nitrogens is 3. The number of likely N-dealkylation sites (tertiary alicyclic amines) is 1. The Hall–Kier alpha value is -3.09. The molecule has 1 unspecified atom stereocenters. The fraction of sp³-hybridized carbons (Fsp3) is 0.222. The van der Waals surface area contributed by atoms with Crippen LogP contribution in [0.5, 0.6) is 0 Å². The van der Waals surface area contributed by atoms with Gasteiger partial charge in [0, 0.05) is 24.8 Å². The summed E-state index contributed by atoms with van der Waals surface area (Å²) in [5.41, 5.74) is 0.989. The second kappa shape index (κ2) is 6.43. The van der Waals surface area contributed by atoms with E-state index < -0.39 is 5.82 Å². The first-order valence-corrected chi connectivity index (χ1v) is 8.00. The molecule has 0 N–H and O–H groups in total. The topological polar surface area (TPSA) is 72.1 Å². The first-order chi connectivity index (χ1) is 12.2. The summed E-state index contributed by atoms with van der Waals surface area (Å²) in [5, 5.41) is 3.97. The van der Waals surface area contributed by atoms with Crippen LogP contribution in [-0.4, -0.2) is 39.0 Å². The van der Waals surface area contributed by atoms with Gasteiger partial charge in [-0.25, -0.2) is 4.39 Å². The maximum absolute atomic E-state index is 13.3. The first-order valence-electron chi connectivity index (χ1n) is 8.00. The van der Waals surface area contributed by atoms with E-state index in [1.807, 2.05) is 18.2 Å². The molecule has 1 amide bonds. The summed E-state index contributed by atoms with van der Waals surface area (Å²) in [6.45, 7) is 1.04. The monoisotopic (exact) mass is 338 g/mol. The molecular weight excluding hydrogens is 323 g/mol. The zero-order chi connectivity index (χ0) is 17.2. The highest BCUT2D eigenvalue weighted by Gasteiger charge is 2.31. The molecule has 3 aromatic rings. The van der Waals surface area contributed by atoms with Crippen LogP contribution < -0.4 is 0 Å². The summed E-state index contributed by atoms with van der Waals surface area (Å²) in [6, 6.07) is 11.2. The first kappa shape index (κ1) is 15.4. The highest BCUT2D eigenvalue weighted by molar-refractivity contribution is 5.94. The lowest BCUT2D eigenvalue weighted by Gasteiger charge is -2.15. The smallest absolute Gasteiger partial charge is 0.253 e. The van der Waals surface area contributed by atoms with Crippen molar-refractivity contribution in [2.24, 2.45) is 0 Å². The summed E-state index contributed by atoms with van der Waals surface area (Å²) >= 11 is 0. The number of hydrogen-bond donors (Lipinski definition) is 0. The molecule has 1 aromatic carbocycles. The molecule has 126 valence electrons. The number of benzene rings is 1. The molecule has 0 saturated carbocycles. The third kappa shape index (κ3) is 3.13. The summed E-state index contributed by atoms with van der Waals surface area (Å²) in [7, 11) is 0. The van der Waals surface area contributed by atoms with Gasteiger partial charge < -0.3 is 9.42 Å².